The zero-order valence-corrected chi connectivity index (χ0v) is 11.3. The molecule has 0 amide bonds. The van der Waals surface area contributed by atoms with Crippen LogP contribution >= 0.6 is 15.9 Å². The first kappa shape index (κ1) is 14.9. The molecule has 0 radical (unpaired) electrons. The number of sulfonamides is 1. The van der Waals surface area contributed by atoms with Crippen LogP contribution in [0.4, 0.5) is 0 Å². The molecule has 0 saturated carbocycles. The van der Waals surface area contributed by atoms with Gasteiger partial charge in [-0.1, -0.05) is 40.2 Å². The summed E-state index contributed by atoms with van der Waals surface area (Å²) in [6, 6.07) is 6.47. The zero-order chi connectivity index (χ0) is 12.6. The van der Waals surface area contributed by atoms with Crippen LogP contribution < -0.4 is 4.83 Å². The van der Waals surface area contributed by atoms with E-state index >= 15 is 0 Å². The van der Waals surface area contributed by atoms with Crippen LogP contribution in [-0.4, -0.2) is 15.1 Å². The monoisotopic (exact) mass is 304 g/mol. The van der Waals surface area contributed by atoms with Gasteiger partial charge in [0.1, 0.15) is 0 Å². The summed E-state index contributed by atoms with van der Waals surface area (Å²) in [5.74, 6) is 0. The van der Waals surface area contributed by atoms with Gasteiger partial charge in [0, 0.05) is 6.72 Å². The summed E-state index contributed by atoms with van der Waals surface area (Å²) in [6.07, 6.45) is 0. The number of hydrazone groups is 1. The van der Waals surface area contributed by atoms with Gasteiger partial charge in [-0.05, 0) is 24.0 Å². The van der Waals surface area contributed by atoms with Gasteiger partial charge < -0.3 is 0 Å². The second-order valence-corrected chi connectivity index (χ2v) is 5.03. The minimum absolute atomic E-state index is 0.186. The van der Waals surface area contributed by atoms with Crippen LogP contribution in [0.2, 0.25) is 0 Å². The van der Waals surface area contributed by atoms with E-state index in [9.17, 15) is 8.42 Å². The maximum Gasteiger partial charge on any atom is 0.276 e. The molecule has 0 atom stereocenters. The van der Waals surface area contributed by atoms with E-state index in [-0.39, 0.29) is 4.90 Å². The van der Waals surface area contributed by atoms with Crippen LogP contribution in [0.25, 0.3) is 0 Å². The van der Waals surface area contributed by atoms with E-state index in [0.29, 0.717) is 0 Å². The van der Waals surface area contributed by atoms with Crippen LogP contribution in [0.5, 0.6) is 0 Å². The Bertz CT molecular complexity index is 440. The predicted octanol–water partition coefficient (Wildman–Crippen LogP) is 2.41. The highest BCUT2D eigenvalue weighted by Crippen LogP contribution is 2.09. The third-order valence-electron chi connectivity index (χ3n) is 1.52. The molecule has 1 aromatic carbocycles. The first-order valence-electron chi connectivity index (χ1n) is 4.23. The molecule has 16 heavy (non-hydrogen) atoms. The fourth-order valence-corrected chi connectivity index (χ4v) is 1.62. The smallest absolute Gasteiger partial charge is 0.201 e. The molecule has 0 spiro atoms. The first-order chi connectivity index (χ1) is 7.47. The van der Waals surface area contributed by atoms with Crippen molar-refractivity contribution in [3.05, 3.63) is 41.4 Å². The average molecular weight is 305 g/mol. The maximum atomic E-state index is 11.3. The number of hydrogen-bond acceptors (Lipinski definition) is 3. The fraction of sp³-hybridized carbons (Fsp3) is 0.100. The van der Waals surface area contributed by atoms with Crippen LogP contribution in [0, 0.1) is 6.92 Å². The normalized spacial score (nSPS) is 9.62. The summed E-state index contributed by atoms with van der Waals surface area (Å²) in [5, 5.41) is 3.12. The predicted molar refractivity (Wildman–Crippen MR) is 70.2 cm³/mol. The van der Waals surface area contributed by atoms with Gasteiger partial charge in [0.2, 0.25) is 0 Å². The number of nitrogens with zero attached hydrogens (tertiary/aromatic N) is 1. The Morgan fingerprint density at radius 2 is 1.81 bits per heavy atom. The molecule has 0 aliphatic rings. The van der Waals surface area contributed by atoms with E-state index in [1.807, 2.05) is 11.8 Å². The lowest BCUT2D eigenvalue weighted by Gasteiger charge is -2.02. The molecular weight excluding hydrogens is 292 g/mol. The number of rotatable bonds is 3. The molecule has 0 heterocycles. The van der Waals surface area contributed by atoms with Crippen molar-refractivity contribution >= 4 is 32.7 Å². The highest BCUT2D eigenvalue weighted by molar-refractivity contribution is 9.11. The summed E-state index contributed by atoms with van der Waals surface area (Å²) < 4.78 is 22.6. The second-order valence-electron chi connectivity index (χ2n) is 2.72. The SMILES string of the molecule is C=CBr.C=NNS(=O)(=O)c1ccc(C)cc1. The molecule has 0 unspecified atom stereocenters. The highest BCUT2D eigenvalue weighted by Gasteiger charge is 2.10. The van der Waals surface area contributed by atoms with E-state index in [2.05, 4.69) is 34.3 Å². The molecule has 0 fully saturated rings. The topological polar surface area (TPSA) is 58.5 Å². The molecule has 1 N–H and O–H groups in total. The van der Waals surface area contributed by atoms with Crippen molar-refractivity contribution in [2.75, 3.05) is 0 Å². The van der Waals surface area contributed by atoms with E-state index < -0.39 is 10.0 Å². The molecule has 0 aromatic heterocycles. The van der Waals surface area contributed by atoms with Crippen LogP contribution in [0.3, 0.4) is 0 Å². The molecule has 0 bridgehead atoms. The van der Waals surface area contributed by atoms with E-state index in [4.69, 9.17) is 0 Å². The average Bonchev–Trinajstić information content (AvgIpc) is 2.19. The van der Waals surface area contributed by atoms with Gasteiger partial charge in [-0.15, -0.1) is 0 Å². The summed E-state index contributed by atoms with van der Waals surface area (Å²) in [7, 11) is -3.51. The lowest BCUT2D eigenvalue weighted by atomic mass is 10.2. The van der Waals surface area contributed by atoms with Crippen molar-refractivity contribution in [2.45, 2.75) is 11.8 Å². The number of benzene rings is 1. The van der Waals surface area contributed by atoms with Crippen LogP contribution in [0.15, 0.2) is 45.8 Å². The van der Waals surface area contributed by atoms with Gasteiger partial charge in [0.15, 0.2) is 0 Å². The highest BCUT2D eigenvalue weighted by atomic mass is 79.9. The van der Waals surface area contributed by atoms with Crippen molar-refractivity contribution in [3.8, 4) is 0 Å². The summed E-state index contributed by atoms with van der Waals surface area (Å²) >= 11 is 2.91. The number of aryl methyl sites for hydroxylation is 1. The zero-order valence-electron chi connectivity index (χ0n) is 8.85. The Balaban J connectivity index is 0.000000673. The number of hydrogen-bond donors (Lipinski definition) is 1. The first-order valence-corrected chi connectivity index (χ1v) is 6.63. The third-order valence-corrected chi connectivity index (χ3v) is 2.78. The lowest BCUT2D eigenvalue weighted by Crippen LogP contribution is -2.17. The van der Waals surface area contributed by atoms with Gasteiger partial charge in [-0.25, -0.2) is 4.83 Å². The molecule has 0 aliphatic heterocycles. The molecule has 6 heteroatoms. The third kappa shape index (κ3) is 5.09. The molecule has 0 aliphatic carbocycles. The maximum absolute atomic E-state index is 11.3. The molecular formula is C10H13BrN2O2S. The van der Waals surface area contributed by atoms with Gasteiger partial charge in [-0.2, -0.15) is 13.5 Å². The molecule has 1 rings (SSSR count). The summed E-state index contributed by atoms with van der Waals surface area (Å²) in [4.78, 5) is 3.69. The Kier molecular flexibility index (Phi) is 6.67. The lowest BCUT2D eigenvalue weighted by molar-refractivity contribution is 0.585. The van der Waals surface area contributed by atoms with Gasteiger partial charge >= 0.3 is 0 Å². The van der Waals surface area contributed by atoms with E-state index in [1.54, 1.807) is 17.1 Å². The summed E-state index contributed by atoms with van der Waals surface area (Å²) in [6.45, 7) is 8.21. The fourth-order valence-electron chi connectivity index (χ4n) is 0.855. The Morgan fingerprint density at radius 1 is 1.38 bits per heavy atom. The van der Waals surface area contributed by atoms with E-state index in [1.165, 1.54) is 12.1 Å². The summed E-state index contributed by atoms with van der Waals surface area (Å²) in [5.41, 5.74) is 1.01. The van der Waals surface area contributed by atoms with E-state index in [0.717, 1.165) is 5.56 Å². The minimum Gasteiger partial charge on any atom is -0.201 e. The minimum atomic E-state index is -3.51. The van der Waals surface area contributed by atoms with Crippen molar-refractivity contribution in [1.29, 1.82) is 0 Å². The van der Waals surface area contributed by atoms with Crippen molar-refractivity contribution in [3.63, 3.8) is 0 Å². The van der Waals surface area contributed by atoms with Gasteiger partial charge in [0.25, 0.3) is 10.0 Å². The second kappa shape index (κ2) is 7.19. The van der Waals surface area contributed by atoms with Crippen molar-refractivity contribution in [1.82, 2.24) is 4.83 Å². The van der Waals surface area contributed by atoms with Crippen LogP contribution in [0.1, 0.15) is 5.56 Å². The number of halogens is 1. The van der Waals surface area contributed by atoms with Crippen molar-refractivity contribution in [2.24, 2.45) is 5.10 Å². The molecule has 1 aromatic rings. The van der Waals surface area contributed by atoms with Crippen LogP contribution in [-0.2, 0) is 10.0 Å². The van der Waals surface area contributed by atoms with Gasteiger partial charge in [-0.3, -0.25) is 0 Å². The molecule has 0 saturated heterocycles. The Hall–Kier alpha value is -1.14. The van der Waals surface area contributed by atoms with Crippen molar-refractivity contribution < 1.29 is 8.42 Å². The molecule has 88 valence electrons. The Morgan fingerprint density at radius 3 is 2.19 bits per heavy atom. The standard InChI is InChI=1S/C8H10N2O2S.C2H3Br/c1-7-3-5-8(6-4-7)13(11,12)10-9-2;1-2-3/h3-6,10H,2H2,1H3;2H,1H2. The number of nitrogens with one attached hydrogen (secondary N) is 1. The quantitative estimate of drug-likeness (QED) is 0.688. The van der Waals surface area contributed by atoms with Gasteiger partial charge in [0.05, 0.1) is 4.90 Å². The largest absolute Gasteiger partial charge is 0.276 e. The Labute approximate surface area is 104 Å². The molecule has 4 nitrogen and oxygen atoms in total.